The molecule has 6 nitrogen and oxygen atoms in total. The molecule has 0 spiro atoms. The van der Waals surface area contributed by atoms with Crippen LogP contribution in [-0.4, -0.2) is 16.5 Å². The van der Waals surface area contributed by atoms with Crippen LogP contribution in [0.25, 0.3) is 0 Å². The van der Waals surface area contributed by atoms with E-state index in [2.05, 4.69) is 21.7 Å². The van der Waals surface area contributed by atoms with Gasteiger partial charge in [0.05, 0.1) is 11.0 Å². The Balaban J connectivity index is 1.84. The van der Waals surface area contributed by atoms with E-state index in [1.807, 2.05) is 12.1 Å². The summed E-state index contributed by atoms with van der Waals surface area (Å²) in [5.74, 6) is 0.475. The summed E-state index contributed by atoms with van der Waals surface area (Å²) < 4.78 is 0. The molecule has 0 aliphatic carbocycles. The summed E-state index contributed by atoms with van der Waals surface area (Å²) in [5.41, 5.74) is 3.34. The van der Waals surface area contributed by atoms with E-state index in [1.54, 1.807) is 0 Å². The predicted molar refractivity (Wildman–Crippen MR) is 77.4 cm³/mol. The van der Waals surface area contributed by atoms with Gasteiger partial charge in [0.15, 0.2) is 0 Å². The molecular weight excluding hydrogens is 256 g/mol. The first kappa shape index (κ1) is 12.4. The molecule has 0 atom stereocenters. The van der Waals surface area contributed by atoms with Crippen molar-refractivity contribution in [2.24, 2.45) is 0 Å². The van der Waals surface area contributed by atoms with Crippen molar-refractivity contribution in [2.75, 3.05) is 17.2 Å². The smallest absolute Gasteiger partial charge is 0.274 e. The molecular formula is C14H14N4O2. The van der Waals surface area contributed by atoms with Gasteiger partial charge < -0.3 is 10.6 Å². The van der Waals surface area contributed by atoms with Gasteiger partial charge in [0, 0.05) is 30.2 Å². The molecule has 0 saturated heterocycles. The molecule has 0 bridgehead atoms. The van der Waals surface area contributed by atoms with Crippen LogP contribution in [-0.2, 0) is 6.42 Å². The normalized spacial score (nSPS) is 13.2. The number of pyridine rings is 1. The predicted octanol–water partition coefficient (Wildman–Crippen LogP) is 3.09. The van der Waals surface area contributed by atoms with E-state index < -0.39 is 4.92 Å². The lowest BCUT2D eigenvalue weighted by atomic mass is 10.0. The van der Waals surface area contributed by atoms with Gasteiger partial charge in [-0.25, -0.2) is 4.98 Å². The molecule has 0 unspecified atom stereocenters. The summed E-state index contributed by atoms with van der Waals surface area (Å²) in [6.45, 7) is 1.01. The van der Waals surface area contributed by atoms with Gasteiger partial charge in [0.2, 0.25) is 0 Å². The van der Waals surface area contributed by atoms with Crippen LogP contribution in [0, 0.1) is 10.1 Å². The molecule has 6 heteroatoms. The molecule has 3 rings (SSSR count). The van der Waals surface area contributed by atoms with E-state index in [1.165, 1.54) is 23.9 Å². The molecule has 102 valence electrons. The number of nitro groups is 1. The highest BCUT2D eigenvalue weighted by atomic mass is 16.6. The fourth-order valence-corrected chi connectivity index (χ4v) is 2.30. The van der Waals surface area contributed by atoms with E-state index in [-0.39, 0.29) is 5.69 Å². The maximum atomic E-state index is 10.7. The van der Waals surface area contributed by atoms with Crippen LogP contribution in [0.1, 0.15) is 12.0 Å². The van der Waals surface area contributed by atoms with Gasteiger partial charge in [-0.2, -0.15) is 0 Å². The fourth-order valence-electron chi connectivity index (χ4n) is 2.30. The Morgan fingerprint density at radius 2 is 2.20 bits per heavy atom. The fraction of sp³-hybridized carbons (Fsp3) is 0.214. The number of hydrogen-bond donors (Lipinski definition) is 2. The molecule has 2 aromatic rings. The van der Waals surface area contributed by atoms with Crippen LogP contribution in [0.15, 0.2) is 36.5 Å². The Morgan fingerprint density at radius 3 is 3.05 bits per heavy atom. The van der Waals surface area contributed by atoms with Crippen molar-refractivity contribution in [1.29, 1.82) is 0 Å². The Kier molecular flexibility index (Phi) is 3.20. The van der Waals surface area contributed by atoms with Crippen LogP contribution < -0.4 is 10.6 Å². The number of aryl methyl sites for hydroxylation is 1. The van der Waals surface area contributed by atoms with Crippen LogP contribution >= 0.6 is 0 Å². The summed E-state index contributed by atoms with van der Waals surface area (Å²) in [5, 5.41) is 17.2. The van der Waals surface area contributed by atoms with E-state index in [4.69, 9.17) is 0 Å². The highest BCUT2D eigenvalue weighted by molar-refractivity contribution is 5.65. The SMILES string of the molecule is O=[N+]([O-])c1ccnc(Nc2ccc3c(c2)CCCN3)c1. The van der Waals surface area contributed by atoms with Crippen LogP contribution in [0.5, 0.6) is 0 Å². The van der Waals surface area contributed by atoms with E-state index in [0.29, 0.717) is 5.82 Å². The minimum atomic E-state index is -0.427. The second kappa shape index (κ2) is 5.16. The van der Waals surface area contributed by atoms with Crippen molar-refractivity contribution in [3.63, 3.8) is 0 Å². The molecule has 2 heterocycles. The number of anilines is 3. The number of benzene rings is 1. The quantitative estimate of drug-likeness (QED) is 0.661. The number of hydrogen-bond acceptors (Lipinski definition) is 5. The number of nitrogens with one attached hydrogen (secondary N) is 2. The van der Waals surface area contributed by atoms with Crippen LogP contribution in [0.3, 0.4) is 0 Å². The van der Waals surface area contributed by atoms with E-state index in [9.17, 15) is 10.1 Å². The van der Waals surface area contributed by atoms with Crippen molar-refractivity contribution in [2.45, 2.75) is 12.8 Å². The lowest BCUT2D eigenvalue weighted by Gasteiger charge is -2.18. The lowest BCUT2D eigenvalue weighted by molar-refractivity contribution is -0.384. The first-order valence-electron chi connectivity index (χ1n) is 6.47. The molecule has 20 heavy (non-hydrogen) atoms. The van der Waals surface area contributed by atoms with Gasteiger partial charge in [-0.15, -0.1) is 0 Å². The molecule has 1 aromatic carbocycles. The van der Waals surface area contributed by atoms with Gasteiger partial charge in [0.25, 0.3) is 5.69 Å². The second-order valence-corrected chi connectivity index (χ2v) is 4.68. The van der Waals surface area contributed by atoms with Crippen LogP contribution in [0.4, 0.5) is 22.9 Å². The molecule has 1 aromatic heterocycles. The Hall–Kier alpha value is -2.63. The van der Waals surface area contributed by atoms with E-state index >= 15 is 0 Å². The molecule has 0 radical (unpaired) electrons. The van der Waals surface area contributed by atoms with E-state index in [0.717, 1.165) is 30.8 Å². The van der Waals surface area contributed by atoms with Crippen molar-refractivity contribution in [3.8, 4) is 0 Å². The maximum absolute atomic E-state index is 10.7. The zero-order chi connectivity index (χ0) is 13.9. The summed E-state index contributed by atoms with van der Waals surface area (Å²) >= 11 is 0. The third kappa shape index (κ3) is 2.54. The number of nitrogens with zero attached hydrogens (tertiary/aromatic N) is 2. The summed E-state index contributed by atoms with van der Waals surface area (Å²) in [6, 6.07) is 8.83. The third-order valence-electron chi connectivity index (χ3n) is 3.27. The van der Waals surface area contributed by atoms with Crippen molar-refractivity contribution in [1.82, 2.24) is 4.98 Å². The van der Waals surface area contributed by atoms with Gasteiger partial charge in [-0.05, 0) is 36.6 Å². The Bertz CT molecular complexity index is 657. The average Bonchev–Trinajstić information content (AvgIpc) is 2.47. The zero-order valence-corrected chi connectivity index (χ0v) is 10.8. The number of rotatable bonds is 3. The summed E-state index contributed by atoms with van der Waals surface area (Å²) in [4.78, 5) is 14.4. The number of aromatic nitrogens is 1. The van der Waals surface area contributed by atoms with Gasteiger partial charge >= 0.3 is 0 Å². The monoisotopic (exact) mass is 270 g/mol. The molecule has 2 N–H and O–H groups in total. The Morgan fingerprint density at radius 1 is 1.30 bits per heavy atom. The molecule has 1 aliphatic heterocycles. The largest absolute Gasteiger partial charge is 0.385 e. The minimum Gasteiger partial charge on any atom is -0.385 e. The first-order valence-corrected chi connectivity index (χ1v) is 6.47. The van der Waals surface area contributed by atoms with Gasteiger partial charge in [-0.3, -0.25) is 10.1 Å². The van der Waals surface area contributed by atoms with Crippen molar-refractivity contribution < 1.29 is 4.92 Å². The molecule has 0 amide bonds. The third-order valence-corrected chi connectivity index (χ3v) is 3.27. The van der Waals surface area contributed by atoms with Crippen LogP contribution in [0.2, 0.25) is 0 Å². The zero-order valence-electron chi connectivity index (χ0n) is 10.8. The first-order chi connectivity index (χ1) is 9.72. The van der Waals surface area contributed by atoms with Gasteiger partial charge in [-0.1, -0.05) is 0 Å². The minimum absolute atomic E-state index is 0.0297. The molecule has 0 fully saturated rings. The average molecular weight is 270 g/mol. The maximum Gasteiger partial charge on any atom is 0.274 e. The summed E-state index contributed by atoms with van der Waals surface area (Å²) in [7, 11) is 0. The van der Waals surface area contributed by atoms with Crippen molar-refractivity contribution in [3.05, 3.63) is 52.2 Å². The lowest BCUT2D eigenvalue weighted by Crippen LogP contribution is -2.11. The molecule has 1 aliphatic rings. The highest BCUT2D eigenvalue weighted by Gasteiger charge is 2.10. The highest BCUT2D eigenvalue weighted by Crippen LogP contribution is 2.27. The topological polar surface area (TPSA) is 80.1 Å². The molecule has 0 saturated carbocycles. The standard InChI is InChI=1S/C14H14N4O2/c19-18(20)12-5-7-16-14(9-12)17-11-3-4-13-10(8-11)2-1-6-15-13/h3-5,7-9,15H,1-2,6H2,(H,16,17). The number of fused-ring (bicyclic) bond motifs is 1. The Labute approximate surface area is 116 Å². The van der Waals surface area contributed by atoms with Gasteiger partial charge in [0.1, 0.15) is 5.82 Å². The van der Waals surface area contributed by atoms with Crippen molar-refractivity contribution >= 4 is 22.9 Å². The second-order valence-electron chi connectivity index (χ2n) is 4.68. The summed E-state index contributed by atoms with van der Waals surface area (Å²) in [6.07, 6.45) is 3.59.